The minimum atomic E-state index is -1.77. The van der Waals surface area contributed by atoms with Crippen molar-refractivity contribution in [2.75, 3.05) is 19.8 Å². The van der Waals surface area contributed by atoms with E-state index in [1.165, 1.54) is 0 Å². The summed E-state index contributed by atoms with van der Waals surface area (Å²) in [5.41, 5.74) is 1.45. The number of cyclic esters (lactones) is 1. The molecule has 0 spiro atoms. The number of hydrogen-bond acceptors (Lipinski definition) is 9. The van der Waals surface area contributed by atoms with Crippen LogP contribution in [0.3, 0.4) is 0 Å². The van der Waals surface area contributed by atoms with Crippen molar-refractivity contribution in [3.05, 3.63) is 63.4 Å². The molecule has 204 valence electrons. The van der Waals surface area contributed by atoms with Gasteiger partial charge in [-0.25, -0.2) is 9.78 Å². The van der Waals surface area contributed by atoms with E-state index < -0.39 is 23.5 Å². The number of para-hydroxylation sites is 1. The van der Waals surface area contributed by atoms with Crippen LogP contribution in [0.1, 0.15) is 56.2 Å². The Kier molecular flexibility index (Phi) is 7.47. The number of pyridine rings is 2. The molecule has 0 N–H and O–H groups in total. The van der Waals surface area contributed by atoms with E-state index in [0.29, 0.717) is 36.7 Å². The zero-order valence-electron chi connectivity index (χ0n) is 22.0. The first-order chi connectivity index (χ1) is 18.9. The molecule has 0 unspecified atom stereocenters. The Labute approximate surface area is 224 Å². The maximum atomic E-state index is 13.6. The Morgan fingerprint density at radius 1 is 1.08 bits per heavy atom. The molecule has 39 heavy (non-hydrogen) atoms. The highest BCUT2D eigenvalue weighted by atomic mass is 16.6. The number of ether oxygens (including phenoxy) is 4. The monoisotopic (exact) mass is 534 g/mol. The predicted octanol–water partition coefficient (Wildman–Crippen LogP) is 3.38. The third-order valence-electron chi connectivity index (χ3n) is 7.13. The Hall–Kier alpha value is -4.05. The molecule has 1 atom stereocenters. The zero-order valence-corrected chi connectivity index (χ0v) is 22.0. The lowest BCUT2D eigenvalue weighted by molar-refractivity contribution is -0.189. The van der Waals surface area contributed by atoms with Crippen LogP contribution in [-0.2, 0) is 52.1 Å². The molecule has 0 radical (unpaired) electrons. The number of hydrogen-bond donors (Lipinski definition) is 0. The van der Waals surface area contributed by atoms with Crippen molar-refractivity contribution in [1.29, 1.82) is 0 Å². The van der Waals surface area contributed by atoms with Crippen molar-refractivity contribution in [3.8, 4) is 11.4 Å². The minimum absolute atomic E-state index is 0.0205. The van der Waals surface area contributed by atoms with Gasteiger partial charge in [-0.15, -0.1) is 0 Å². The second-order valence-electron chi connectivity index (χ2n) is 9.50. The molecular weight excluding hydrogens is 504 g/mol. The van der Waals surface area contributed by atoms with E-state index in [2.05, 4.69) is 0 Å². The Morgan fingerprint density at radius 3 is 2.67 bits per heavy atom. The predicted molar refractivity (Wildman–Crippen MR) is 140 cm³/mol. The topological polar surface area (TPSA) is 123 Å². The molecule has 5 rings (SSSR count). The van der Waals surface area contributed by atoms with Gasteiger partial charge < -0.3 is 23.5 Å². The van der Waals surface area contributed by atoms with E-state index in [4.69, 9.17) is 23.9 Å². The summed E-state index contributed by atoms with van der Waals surface area (Å²) in [5, 5.41) is 0.968. The second kappa shape index (κ2) is 11.0. The molecule has 10 heteroatoms. The lowest BCUT2D eigenvalue weighted by Gasteiger charge is -2.35. The van der Waals surface area contributed by atoms with Crippen LogP contribution in [0.4, 0.5) is 0 Å². The number of fused-ring (bicyclic) bond motifs is 5. The molecule has 3 aromatic rings. The van der Waals surface area contributed by atoms with Gasteiger partial charge >= 0.3 is 17.9 Å². The third kappa shape index (κ3) is 4.92. The van der Waals surface area contributed by atoms with E-state index in [1.54, 1.807) is 17.6 Å². The zero-order chi connectivity index (χ0) is 27.6. The molecule has 0 aliphatic carbocycles. The Balaban J connectivity index is 1.40. The molecule has 0 saturated heterocycles. The fraction of sp³-hybridized carbons (Fsp3) is 0.414. The van der Waals surface area contributed by atoms with Crippen molar-refractivity contribution >= 4 is 28.8 Å². The van der Waals surface area contributed by atoms with Crippen molar-refractivity contribution in [3.63, 3.8) is 0 Å². The maximum absolute atomic E-state index is 13.6. The molecule has 0 fully saturated rings. The third-order valence-corrected chi connectivity index (χ3v) is 7.13. The maximum Gasteiger partial charge on any atom is 0.355 e. The van der Waals surface area contributed by atoms with E-state index >= 15 is 0 Å². The summed E-state index contributed by atoms with van der Waals surface area (Å²) < 4.78 is 23.0. The molecular formula is C29H30N2O8. The Morgan fingerprint density at radius 2 is 1.87 bits per heavy atom. The van der Waals surface area contributed by atoms with E-state index in [1.807, 2.05) is 37.3 Å². The largest absolute Gasteiger partial charge is 0.463 e. The summed E-state index contributed by atoms with van der Waals surface area (Å²) in [5.74, 6) is -1.85. The number of carbonyl (C=O) groups excluding carboxylic acids is 3. The SMILES string of the molecule is CCOCCOC(=O)CCCC(=O)O[C@]1(CC)C(=O)OCc2c1cc1n(c2=O)Cc2cc3ccccc3nc2-1. The Bertz CT molecular complexity index is 1510. The van der Waals surface area contributed by atoms with Gasteiger partial charge in [-0.1, -0.05) is 25.1 Å². The summed E-state index contributed by atoms with van der Waals surface area (Å²) in [7, 11) is 0. The fourth-order valence-electron chi connectivity index (χ4n) is 5.14. The molecule has 1 aromatic carbocycles. The van der Waals surface area contributed by atoms with Gasteiger partial charge in [0.15, 0.2) is 0 Å². The number of esters is 3. The molecule has 0 bridgehead atoms. The van der Waals surface area contributed by atoms with Crippen LogP contribution in [-0.4, -0.2) is 47.3 Å². The highest BCUT2D eigenvalue weighted by Crippen LogP contribution is 2.41. The van der Waals surface area contributed by atoms with Crippen LogP contribution >= 0.6 is 0 Å². The number of rotatable bonds is 10. The van der Waals surface area contributed by atoms with Crippen LogP contribution in [0, 0.1) is 0 Å². The smallest absolute Gasteiger partial charge is 0.355 e. The number of nitrogens with zero attached hydrogens (tertiary/aromatic N) is 2. The molecule has 10 nitrogen and oxygen atoms in total. The lowest BCUT2D eigenvalue weighted by atomic mass is 9.85. The van der Waals surface area contributed by atoms with Crippen molar-refractivity contribution in [2.24, 2.45) is 0 Å². The van der Waals surface area contributed by atoms with Crippen LogP contribution < -0.4 is 5.56 Å². The quantitative estimate of drug-likeness (QED) is 0.171. The number of carbonyl (C=O) groups is 3. The highest BCUT2D eigenvalue weighted by molar-refractivity contribution is 5.88. The summed E-state index contributed by atoms with van der Waals surface area (Å²) in [4.78, 5) is 56.3. The highest BCUT2D eigenvalue weighted by Gasteiger charge is 2.50. The van der Waals surface area contributed by atoms with Gasteiger partial charge in [0, 0.05) is 36.0 Å². The number of aromatic nitrogens is 2. The van der Waals surface area contributed by atoms with Gasteiger partial charge in [-0.3, -0.25) is 14.4 Å². The minimum Gasteiger partial charge on any atom is -0.463 e. The van der Waals surface area contributed by atoms with Gasteiger partial charge in [0.25, 0.3) is 5.56 Å². The van der Waals surface area contributed by atoms with Gasteiger partial charge in [0.1, 0.15) is 13.2 Å². The lowest BCUT2D eigenvalue weighted by Crippen LogP contribution is -2.47. The summed E-state index contributed by atoms with van der Waals surface area (Å²) in [6.07, 6.45) is 0.175. The number of benzene rings is 1. The average Bonchev–Trinajstić information content (AvgIpc) is 3.29. The van der Waals surface area contributed by atoms with Crippen molar-refractivity contribution in [2.45, 2.75) is 58.3 Å². The fourth-order valence-corrected chi connectivity index (χ4v) is 5.14. The summed E-state index contributed by atoms with van der Waals surface area (Å²) in [6, 6.07) is 11.4. The molecule has 4 heterocycles. The van der Waals surface area contributed by atoms with Crippen molar-refractivity contribution in [1.82, 2.24) is 9.55 Å². The van der Waals surface area contributed by atoms with Crippen molar-refractivity contribution < 1.29 is 33.3 Å². The van der Waals surface area contributed by atoms with E-state index in [9.17, 15) is 19.2 Å². The van der Waals surface area contributed by atoms with Gasteiger partial charge in [-0.2, -0.15) is 0 Å². The molecule has 0 saturated carbocycles. The van der Waals surface area contributed by atoms with E-state index in [-0.39, 0.29) is 50.0 Å². The molecule has 2 aromatic heterocycles. The van der Waals surface area contributed by atoms with Gasteiger partial charge in [-0.05, 0) is 38.0 Å². The first kappa shape index (κ1) is 26.6. The van der Waals surface area contributed by atoms with Gasteiger partial charge in [0.05, 0.1) is 35.6 Å². The normalized spacial score (nSPS) is 17.2. The average molecular weight is 535 g/mol. The van der Waals surface area contributed by atoms with Gasteiger partial charge in [0.2, 0.25) is 5.60 Å². The first-order valence-corrected chi connectivity index (χ1v) is 13.2. The standard InChI is InChI=1S/C29H30N2O8/c1-3-29(39-25(33)11-7-10-24(32)37-13-12-36-4-2)21-15-23-26-19(14-18-8-5-6-9-22(18)30-26)16-31(23)27(34)20(21)17-38-28(29)35/h5-6,8-9,14-15H,3-4,7,10-13,16-17H2,1-2H3/t29-/m0/s1. The van der Waals surface area contributed by atoms with E-state index in [0.717, 1.165) is 16.5 Å². The summed E-state index contributed by atoms with van der Waals surface area (Å²) in [6.45, 7) is 4.68. The van der Waals surface area contributed by atoms with Crippen LogP contribution in [0.2, 0.25) is 0 Å². The van der Waals surface area contributed by atoms with Crippen LogP contribution in [0.15, 0.2) is 41.2 Å². The first-order valence-electron chi connectivity index (χ1n) is 13.2. The molecule has 2 aliphatic heterocycles. The molecule has 2 aliphatic rings. The molecule has 0 amide bonds. The summed E-state index contributed by atoms with van der Waals surface area (Å²) >= 11 is 0. The second-order valence-corrected chi connectivity index (χ2v) is 9.50. The van der Waals surface area contributed by atoms with Crippen LogP contribution in [0.5, 0.6) is 0 Å². The van der Waals surface area contributed by atoms with Crippen LogP contribution in [0.25, 0.3) is 22.3 Å².